The van der Waals surface area contributed by atoms with Crippen molar-refractivity contribution >= 4 is 34.4 Å². The fourth-order valence-electron chi connectivity index (χ4n) is 3.89. The van der Waals surface area contributed by atoms with Gasteiger partial charge in [-0.05, 0) is 60.7 Å². The summed E-state index contributed by atoms with van der Waals surface area (Å²) < 4.78 is 42.5. The number of amides is 1. The van der Waals surface area contributed by atoms with Crippen LogP contribution in [0.1, 0.15) is 40.5 Å². The number of ether oxygens (including phenoxy) is 1. The molecule has 0 saturated heterocycles. The summed E-state index contributed by atoms with van der Waals surface area (Å²) in [4.78, 5) is 29.9. The largest absolute Gasteiger partial charge is 0.508 e. The first kappa shape index (κ1) is 23.3. The molecule has 1 atom stereocenters. The minimum absolute atomic E-state index is 0.150. The molecule has 0 bridgehead atoms. The maximum Gasteiger partial charge on any atom is 0.405 e. The number of alkyl halides is 3. The fraction of sp³-hybridized carbons (Fsp3) is 0.240. The molecular weight excluding hydrogens is 449 g/mol. The second-order valence-electron chi connectivity index (χ2n) is 7.97. The fourth-order valence-corrected chi connectivity index (χ4v) is 3.89. The molecule has 3 aromatic rings. The molecule has 1 heterocycles. The van der Waals surface area contributed by atoms with Gasteiger partial charge in [0.05, 0.1) is 16.8 Å². The maximum absolute atomic E-state index is 13.1. The molecule has 2 N–H and O–H groups in total. The lowest BCUT2D eigenvalue weighted by molar-refractivity contribution is -0.143. The van der Waals surface area contributed by atoms with E-state index in [-0.39, 0.29) is 11.3 Å². The summed E-state index contributed by atoms with van der Waals surface area (Å²) in [5.41, 5.74) is 3.86. The molecule has 1 amide bonds. The van der Waals surface area contributed by atoms with Crippen LogP contribution >= 0.6 is 0 Å². The lowest BCUT2D eigenvalue weighted by Crippen LogP contribution is -2.40. The van der Waals surface area contributed by atoms with Crippen LogP contribution < -0.4 is 5.32 Å². The van der Waals surface area contributed by atoms with Gasteiger partial charge in [0, 0.05) is 5.39 Å². The molecule has 2 aromatic carbocycles. The Balaban J connectivity index is 1.67. The Hall–Kier alpha value is -3.88. The average Bonchev–Trinajstić information content (AvgIpc) is 3.18. The number of nitrogens with zero attached hydrogens (tertiary/aromatic N) is 1. The van der Waals surface area contributed by atoms with Crippen molar-refractivity contribution in [3.05, 3.63) is 70.9 Å². The van der Waals surface area contributed by atoms with E-state index in [0.29, 0.717) is 35.0 Å². The van der Waals surface area contributed by atoms with Crippen molar-refractivity contribution < 1.29 is 32.6 Å². The Labute approximate surface area is 193 Å². The molecule has 176 valence electrons. The summed E-state index contributed by atoms with van der Waals surface area (Å²) in [7, 11) is 0. The molecule has 0 spiro atoms. The van der Waals surface area contributed by atoms with Gasteiger partial charge in [-0.2, -0.15) is 13.2 Å². The van der Waals surface area contributed by atoms with E-state index in [4.69, 9.17) is 9.72 Å². The number of carbonyl (C=O) groups is 2. The van der Waals surface area contributed by atoms with Crippen molar-refractivity contribution in [1.29, 1.82) is 0 Å². The van der Waals surface area contributed by atoms with Crippen LogP contribution in [0.2, 0.25) is 0 Å². The van der Waals surface area contributed by atoms with Crippen LogP contribution in [0.15, 0.2) is 48.5 Å². The van der Waals surface area contributed by atoms with E-state index in [9.17, 15) is 27.9 Å². The number of phenols is 1. The summed E-state index contributed by atoms with van der Waals surface area (Å²) in [5.74, 6) is -1.68. The van der Waals surface area contributed by atoms with E-state index in [1.807, 2.05) is 6.08 Å². The van der Waals surface area contributed by atoms with Crippen molar-refractivity contribution in [1.82, 2.24) is 10.3 Å². The second-order valence-corrected chi connectivity index (χ2v) is 7.97. The summed E-state index contributed by atoms with van der Waals surface area (Å²) in [6.45, 7) is -0.282. The predicted octanol–water partition coefficient (Wildman–Crippen LogP) is 4.65. The Morgan fingerprint density at radius 2 is 1.85 bits per heavy atom. The molecule has 1 aliphatic carbocycles. The average molecular weight is 470 g/mol. The maximum atomic E-state index is 13.1. The Bertz CT molecular complexity index is 1280. The minimum atomic E-state index is -4.57. The minimum Gasteiger partial charge on any atom is -0.508 e. The monoisotopic (exact) mass is 470 g/mol. The molecular formula is C25H21F3N2O4. The third kappa shape index (κ3) is 5.03. The zero-order valence-electron chi connectivity index (χ0n) is 18.1. The lowest BCUT2D eigenvalue weighted by atomic mass is 10.0. The van der Waals surface area contributed by atoms with Crippen LogP contribution in [-0.4, -0.2) is 40.8 Å². The van der Waals surface area contributed by atoms with Crippen molar-refractivity contribution in [3.63, 3.8) is 0 Å². The number of phenolic OH excluding ortho intramolecular Hbond substituents is 1. The molecule has 34 heavy (non-hydrogen) atoms. The van der Waals surface area contributed by atoms with Crippen molar-refractivity contribution in [2.75, 3.05) is 6.54 Å². The van der Waals surface area contributed by atoms with E-state index in [1.165, 1.54) is 6.92 Å². The normalized spacial score (nSPS) is 15.2. The third-order valence-corrected chi connectivity index (χ3v) is 5.50. The number of para-hydroxylation sites is 1. The number of rotatable bonds is 5. The van der Waals surface area contributed by atoms with Crippen LogP contribution in [0.3, 0.4) is 0 Å². The second kappa shape index (κ2) is 9.17. The quantitative estimate of drug-likeness (QED) is 0.530. The summed E-state index contributed by atoms with van der Waals surface area (Å²) in [6, 6.07) is 13.7. The number of allylic oxidation sites excluding steroid dienone is 1. The van der Waals surface area contributed by atoms with Crippen molar-refractivity contribution in [2.24, 2.45) is 0 Å². The van der Waals surface area contributed by atoms with Gasteiger partial charge in [0.1, 0.15) is 12.3 Å². The number of halogens is 3. The Kier molecular flexibility index (Phi) is 6.28. The number of hydrogen-bond donors (Lipinski definition) is 2. The first-order valence-electron chi connectivity index (χ1n) is 10.6. The number of aromatic hydroxyl groups is 1. The highest BCUT2D eigenvalue weighted by Gasteiger charge is 2.31. The molecule has 1 unspecified atom stereocenters. The van der Waals surface area contributed by atoms with Crippen molar-refractivity contribution in [2.45, 2.75) is 32.0 Å². The van der Waals surface area contributed by atoms with E-state index in [2.05, 4.69) is 0 Å². The van der Waals surface area contributed by atoms with Crippen LogP contribution in [-0.2, 0) is 16.0 Å². The predicted molar refractivity (Wildman–Crippen MR) is 120 cm³/mol. The van der Waals surface area contributed by atoms with Crippen LogP contribution in [0.25, 0.3) is 22.6 Å². The SMILES string of the molecule is CC(OC(=O)c1c2c(nc3ccccc13)/C(=C/c1ccc(O)cc1)CC2)C(=O)NCC(F)(F)F. The number of nitrogens with one attached hydrogen (secondary N) is 1. The van der Waals surface area contributed by atoms with E-state index >= 15 is 0 Å². The standard InChI is InChI=1S/C25H21F3N2O4/c1-14(23(32)29-13-25(26,27)28)34-24(33)21-18-4-2-3-5-20(18)30-22-16(8-11-19(21)22)12-15-6-9-17(31)10-7-15/h2-7,9-10,12,14,31H,8,11,13H2,1H3,(H,29,32)/b16-12+. The molecule has 1 aliphatic rings. The molecule has 6 nitrogen and oxygen atoms in total. The Morgan fingerprint density at radius 3 is 2.56 bits per heavy atom. The number of fused-ring (bicyclic) bond motifs is 2. The third-order valence-electron chi connectivity index (χ3n) is 5.50. The van der Waals surface area contributed by atoms with Gasteiger partial charge in [-0.1, -0.05) is 30.3 Å². The number of aromatic nitrogens is 1. The molecule has 9 heteroatoms. The summed E-state index contributed by atoms with van der Waals surface area (Å²) >= 11 is 0. The molecule has 0 saturated carbocycles. The van der Waals surface area contributed by atoms with Gasteiger partial charge in [0.25, 0.3) is 5.91 Å². The first-order chi connectivity index (χ1) is 16.1. The van der Waals surface area contributed by atoms with Crippen LogP contribution in [0, 0.1) is 0 Å². The zero-order chi connectivity index (χ0) is 24.5. The number of carbonyl (C=O) groups excluding carboxylic acids is 2. The first-order valence-corrected chi connectivity index (χ1v) is 10.6. The Morgan fingerprint density at radius 1 is 1.15 bits per heavy atom. The summed E-state index contributed by atoms with van der Waals surface area (Å²) in [6.07, 6.45) is -2.93. The highest BCUT2D eigenvalue weighted by Crippen LogP contribution is 2.38. The highest BCUT2D eigenvalue weighted by atomic mass is 19.4. The van der Waals surface area contributed by atoms with Gasteiger partial charge >= 0.3 is 12.1 Å². The number of hydrogen-bond acceptors (Lipinski definition) is 5. The molecule has 0 aliphatic heterocycles. The van der Waals surface area contributed by atoms with Crippen molar-refractivity contribution in [3.8, 4) is 5.75 Å². The van der Waals surface area contributed by atoms with Gasteiger partial charge in [-0.3, -0.25) is 4.79 Å². The van der Waals surface area contributed by atoms with E-state index < -0.39 is 30.7 Å². The van der Waals surface area contributed by atoms with Crippen LogP contribution in [0.5, 0.6) is 5.75 Å². The van der Waals surface area contributed by atoms with Gasteiger partial charge in [0.15, 0.2) is 6.10 Å². The van der Waals surface area contributed by atoms with Gasteiger partial charge in [-0.25, -0.2) is 9.78 Å². The topological polar surface area (TPSA) is 88.5 Å². The smallest absolute Gasteiger partial charge is 0.405 e. The lowest BCUT2D eigenvalue weighted by Gasteiger charge is -2.17. The number of esters is 1. The number of pyridine rings is 1. The number of benzene rings is 2. The van der Waals surface area contributed by atoms with E-state index in [0.717, 1.165) is 11.1 Å². The molecule has 0 fully saturated rings. The van der Waals surface area contributed by atoms with Gasteiger partial charge in [0.2, 0.25) is 0 Å². The van der Waals surface area contributed by atoms with Gasteiger partial charge < -0.3 is 15.2 Å². The van der Waals surface area contributed by atoms with Gasteiger partial charge in [-0.15, -0.1) is 0 Å². The molecule has 0 radical (unpaired) electrons. The van der Waals surface area contributed by atoms with Crippen LogP contribution in [0.4, 0.5) is 13.2 Å². The van der Waals surface area contributed by atoms with E-state index in [1.54, 1.807) is 53.8 Å². The molecule has 4 rings (SSSR count). The summed E-state index contributed by atoms with van der Waals surface area (Å²) in [5, 5.41) is 11.8. The molecule has 1 aromatic heterocycles. The highest BCUT2D eigenvalue weighted by molar-refractivity contribution is 6.07. The zero-order valence-corrected chi connectivity index (χ0v) is 18.1.